The van der Waals surface area contributed by atoms with Crippen LogP contribution in [0, 0.1) is 6.92 Å². The Bertz CT molecular complexity index is 717. The Balaban J connectivity index is 2.42. The normalized spacial score (nSPS) is 11.8. The van der Waals surface area contributed by atoms with Crippen molar-refractivity contribution in [3.63, 3.8) is 0 Å². The summed E-state index contributed by atoms with van der Waals surface area (Å²) in [6, 6.07) is 13.5. The second kappa shape index (κ2) is 5.58. The monoisotopic (exact) mass is 308 g/mol. The fraction of sp³-hybridized carbons (Fsp3) is 0.250. The SMILES string of the molecule is Cc1cc(-c2ccc(C(C)C)cc2)ccc1S(=O)(=O)Cl. The predicted octanol–water partition coefficient (Wildman–Crippen LogP) is 4.71. The maximum atomic E-state index is 11.4. The van der Waals surface area contributed by atoms with Crippen LogP contribution in [0.4, 0.5) is 0 Å². The zero-order chi connectivity index (χ0) is 14.9. The van der Waals surface area contributed by atoms with E-state index in [-0.39, 0.29) is 4.90 Å². The van der Waals surface area contributed by atoms with E-state index in [4.69, 9.17) is 10.7 Å². The van der Waals surface area contributed by atoms with Crippen molar-refractivity contribution in [2.24, 2.45) is 0 Å². The smallest absolute Gasteiger partial charge is 0.207 e. The molecule has 0 aromatic heterocycles. The van der Waals surface area contributed by atoms with Crippen LogP contribution >= 0.6 is 10.7 Å². The van der Waals surface area contributed by atoms with Crippen LogP contribution in [0.3, 0.4) is 0 Å². The molecule has 0 atom stereocenters. The Morgan fingerprint density at radius 3 is 1.95 bits per heavy atom. The van der Waals surface area contributed by atoms with Crippen molar-refractivity contribution in [3.8, 4) is 11.1 Å². The molecule has 0 bridgehead atoms. The topological polar surface area (TPSA) is 34.1 Å². The van der Waals surface area contributed by atoms with Crippen LogP contribution in [0.15, 0.2) is 47.4 Å². The number of rotatable bonds is 3. The third-order valence-corrected chi connectivity index (χ3v) is 4.83. The highest BCUT2D eigenvalue weighted by Gasteiger charge is 2.13. The second-order valence-electron chi connectivity index (χ2n) is 5.19. The first-order chi connectivity index (χ1) is 9.29. The predicted molar refractivity (Wildman–Crippen MR) is 83.7 cm³/mol. The lowest BCUT2D eigenvalue weighted by atomic mass is 9.98. The van der Waals surface area contributed by atoms with E-state index in [1.807, 2.05) is 6.07 Å². The average Bonchev–Trinajstić information content (AvgIpc) is 2.37. The fourth-order valence-corrected chi connectivity index (χ4v) is 3.36. The van der Waals surface area contributed by atoms with E-state index in [2.05, 4.69) is 38.1 Å². The van der Waals surface area contributed by atoms with Crippen LogP contribution in [0.1, 0.15) is 30.9 Å². The van der Waals surface area contributed by atoms with Gasteiger partial charge in [0.1, 0.15) is 0 Å². The molecule has 2 rings (SSSR count). The molecule has 0 N–H and O–H groups in total. The fourth-order valence-electron chi connectivity index (χ4n) is 2.16. The largest absolute Gasteiger partial charge is 0.261 e. The molecule has 2 aromatic rings. The molecule has 0 saturated heterocycles. The van der Waals surface area contributed by atoms with E-state index in [0.29, 0.717) is 11.5 Å². The van der Waals surface area contributed by atoms with Crippen molar-refractivity contribution in [2.75, 3.05) is 0 Å². The molecule has 0 unspecified atom stereocenters. The summed E-state index contributed by atoms with van der Waals surface area (Å²) >= 11 is 0. The van der Waals surface area contributed by atoms with Gasteiger partial charge in [-0.1, -0.05) is 50.2 Å². The molecule has 0 aliphatic heterocycles. The highest BCUT2D eigenvalue weighted by Crippen LogP contribution is 2.27. The Morgan fingerprint density at radius 2 is 1.50 bits per heavy atom. The summed E-state index contributed by atoms with van der Waals surface area (Å²) < 4.78 is 22.8. The van der Waals surface area contributed by atoms with Gasteiger partial charge >= 0.3 is 0 Å². The van der Waals surface area contributed by atoms with Crippen LogP contribution in [0.25, 0.3) is 11.1 Å². The molecule has 0 aliphatic rings. The number of halogens is 1. The van der Waals surface area contributed by atoms with Crippen molar-refractivity contribution < 1.29 is 8.42 Å². The third kappa shape index (κ3) is 3.22. The standard InChI is InChI=1S/C16H17ClO2S/c1-11(2)13-4-6-14(7-5-13)15-8-9-16(12(3)10-15)20(17,18)19/h4-11H,1-3H3. The summed E-state index contributed by atoms with van der Waals surface area (Å²) in [7, 11) is 1.71. The van der Waals surface area contributed by atoms with Crippen LogP contribution in [0.5, 0.6) is 0 Å². The summed E-state index contributed by atoms with van der Waals surface area (Å²) in [5.41, 5.74) is 3.99. The van der Waals surface area contributed by atoms with Crippen LogP contribution < -0.4 is 0 Å². The number of hydrogen-bond donors (Lipinski definition) is 0. The minimum atomic E-state index is -3.68. The van der Waals surface area contributed by atoms with Gasteiger partial charge in [-0.15, -0.1) is 0 Å². The molecule has 2 aromatic carbocycles. The molecule has 20 heavy (non-hydrogen) atoms. The van der Waals surface area contributed by atoms with Gasteiger partial charge < -0.3 is 0 Å². The molecule has 0 saturated carbocycles. The molecule has 0 heterocycles. The quantitative estimate of drug-likeness (QED) is 0.769. The van der Waals surface area contributed by atoms with Gasteiger partial charge in [0.2, 0.25) is 0 Å². The molecular weight excluding hydrogens is 292 g/mol. The number of hydrogen-bond acceptors (Lipinski definition) is 2. The Labute approximate surface area is 124 Å². The number of benzene rings is 2. The summed E-state index contributed by atoms with van der Waals surface area (Å²) in [5.74, 6) is 0.495. The van der Waals surface area contributed by atoms with Crippen molar-refractivity contribution >= 4 is 19.7 Å². The molecule has 0 spiro atoms. The van der Waals surface area contributed by atoms with Crippen LogP contribution in [-0.2, 0) is 9.05 Å². The van der Waals surface area contributed by atoms with E-state index in [1.54, 1.807) is 19.1 Å². The van der Waals surface area contributed by atoms with Gasteiger partial charge in [-0.05, 0) is 41.2 Å². The summed E-state index contributed by atoms with van der Waals surface area (Å²) in [4.78, 5) is 0.168. The molecule has 4 heteroatoms. The molecule has 0 fully saturated rings. The van der Waals surface area contributed by atoms with E-state index in [0.717, 1.165) is 11.1 Å². The first-order valence-corrected chi connectivity index (χ1v) is 8.75. The molecular formula is C16H17ClO2S. The summed E-state index contributed by atoms with van der Waals surface area (Å²) in [6.07, 6.45) is 0. The van der Waals surface area contributed by atoms with Crippen LogP contribution in [-0.4, -0.2) is 8.42 Å². The van der Waals surface area contributed by atoms with Gasteiger partial charge in [0.25, 0.3) is 9.05 Å². The van der Waals surface area contributed by atoms with Crippen molar-refractivity contribution in [1.29, 1.82) is 0 Å². The van der Waals surface area contributed by atoms with Crippen LogP contribution in [0.2, 0.25) is 0 Å². The Morgan fingerprint density at radius 1 is 0.950 bits per heavy atom. The number of aryl methyl sites for hydroxylation is 1. The van der Waals surface area contributed by atoms with Crippen molar-refractivity contribution in [3.05, 3.63) is 53.6 Å². The molecule has 0 aliphatic carbocycles. The third-order valence-electron chi connectivity index (χ3n) is 3.35. The molecule has 106 valence electrons. The zero-order valence-electron chi connectivity index (χ0n) is 11.7. The first-order valence-electron chi connectivity index (χ1n) is 6.44. The van der Waals surface area contributed by atoms with E-state index < -0.39 is 9.05 Å². The van der Waals surface area contributed by atoms with Gasteiger partial charge in [0.15, 0.2) is 0 Å². The summed E-state index contributed by atoms with van der Waals surface area (Å²) in [6.45, 7) is 6.06. The average molecular weight is 309 g/mol. The minimum absolute atomic E-state index is 0.168. The zero-order valence-corrected chi connectivity index (χ0v) is 13.3. The van der Waals surface area contributed by atoms with E-state index in [9.17, 15) is 8.42 Å². The van der Waals surface area contributed by atoms with Gasteiger partial charge in [-0.3, -0.25) is 0 Å². The van der Waals surface area contributed by atoms with Gasteiger partial charge in [0.05, 0.1) is 4.90 Å². The Kier molecular flexibility index (Phi) is 4.21. The van der Waals surface area contributed by atoms with Gasteiger partial charge in [-0.25, -0.2) is 8.42 Å². The van der Waals surface area contributed by atoms with Crippen molar-refractivity contribution in [1.82, 2.24) is 0 Å². The lowest BCUT2D eigenvalue weighted by molar-refractivity contribution is 0.609. The maximum Gasteiger partial charge on any atom is 0.261 e. The first kappa shape index (κ1) is 15.1. The molecule has 0 radical (unpaired) electrons. The lowest BCUT2D eigenvalue weighted by Gasteiger charge is -2.09. The van der Waals surface area contributed by atoms with Crippen molar-refractivity contribution in [2.45, 2.75) is 31.6 Å². The molecule has 0 amide bonds. The van der Waals surface area contributed by atoms with E-state index >= 15 is 0 Å². The molecule has 2 nitrogen and oxygen atoms in total. The highest BCUT2D eigenvalue weighted by molar-refractivity contribution is 8.13. The Hall–Kier alpha value is -1.32. The van der Waals surface area contributed by atoms with Gasteiger partial charge in [-0.2, -0.15) is 0 Å². The lowest BCUT2D eigenvalue weighted by Crippen LogP contribution is -1.95. The second-order valence-corrected chi connectivity index (χ2v) is 7.73. The minimum Gasteiger partial charge on any atom is -0.207 e. The van der Waals surface area contributed by atoms with E-state index in [1.165, 1.54) is 5.56 Å². The summed E-state index contributed by atoms with van der Waals surface area (Å²) in [5, 5.41) is 0. The van der Waals surface area contributed by atoms with Gasteiger partial charge in [0, 0.05) is 10.7 Å². The maximum absolute atomic E-state index is 11.4. The highest BCUT2D eigenvalue weighted by atomic mass is 35.7.